The third kappa shape index (κ3) is 9.73. The van der Waals surface area contributed by atoms with Crippen molar-refractivity contribution in [2.24, 2.45) is 0 Å². The largest absolute Gasteiger partial charge is 0.484 e. The summed E-state index contributed by atoms with van der Waals surface area (Å²) in [6, 6.07) is 30.0. The van der Waals surface area contributed by atoms with Gasteiger partial charge in [-0.3, -0.25) is 14.3 Å². The smallest absolute Gasteiger partial charge is 0.261 e. The fourth-order valence-corrected chi connectivity index (χ4v) is 6.50. The average Bonchev–Trinajstić information content (AvgIpc) is 3.09. The molecule has 5 rings (SSSR count). The van der Waals surface area contributed by atoms with Gasteiger partial charge in [0.05, 0.1) is 4.90 Å². The van der Waals surface area contributed by atoms with Crippen molar-refractivity contribution in [2.45, 2.75) is 24.0 Å². The molecule has 0 bridgehead atoms. The number of hydrogen-bond acceptors (Lipinski definition) is 5. The lowest BCUT2D eigenvalue weighted by Gasteiger charge is -2.31. The molecule has 0 radical (unpaired) electrons. The molecule has 8 nitrogen and oxygen atoms in total. The first kappa shape index (κ1) is 35.7. The quantitative estimate of drug-likeness (QED) is 0.127. The van der Waals surface area contributed by atoms with Crippen LogP contribution in [0.3, 0.4) is 0 Å². The van der Waals surface area contributed by atoms with Crippen molar-refractivity contribution < 1.29 is 27.1 Å². The SMILES string of the molecule is O=C(NCc1ccc(Cl)cc1Cl)C(c1ccccc1)N(Cc1ccc(Cl)cc1)C(=O)COc1ccc(S(=O)(=O)Nc2ccc(F)cc2)cc1. The molecule has 252 valence electrons. The van der Waals surface area contributed by atoms with E-state index in [0.29, 0.717) is 26.2 Å². The maximum absolute atomic E-state index is 14.0. The Morgan fingerprint density at radius 1 is 0.796 bits per heavy atom. The van der Waals surface area contributed by atoms with Gasteiger partial charge in [-0.15, -0.1) is 0 Å². The van der Waals surface area contributed by atoms with Crippen LogP contribution >= 0.6 is 34.8 Å². The van der Waals surface area contributed by atoms with E-state index in [4.69, 9.17) is 39.5 Å². The summed E-state index contributed by atoms with van der Waals surface area (Å²) in [4.78, 5) is 29.2. The predicted octanol–water partition coefficient (Wildman–Crippen LogP) is 8.05. The van der Waals surface area contributed by atoms with Crippen molar-refractivity contribution in [1.29, 1.82) is 0 Å². The second-order valence-corrected chi connectivity index (χ2v) is 13.7. The van der Waals surface area contributed by atoms with E-state index in [1.807, 2.05) is 0 Å². The summed E-state index contributed by atoms with van der Waals surface area (Å²) in [5.74, 6) is -1.25. The third-order valence-corrected chi connectivity index (χ3v) is 9.56. The molecule has 0 aliphatic rings. The Kier molecular flexibility index (Phi) is 11.8. The van der Waals surface area contributed by atoms with Gasteiger partial charge in [-0.05, 0) is 89.5 Å². The van der Waals surface area contributed by atoms with Gasteiger partial charge in [0.15, 0.2) is 6.61 Å². The summed E-state index contributed by atoms with van der Waals surface area (Å²) >= 11 is 18.5. The van der Waals surface area contributed by atoms with Crippen LogP contribution in [0.4, 0.5) is 10.1 Å². The number of nitrogens with zero attached hydrogens (tertiary/aromatic N) is 1. The number of nitrogens with one attached hydrogen (secondary N) is 2. The molecule has 13 heteroatoms. The number of hydrogen-bond donors (Lipinski definition) is 2. The van der Waals surface area contributed by atoms with Crippen molar-refractivity contribution in [1.82, 2.24) is 10.2 Å². The number of benzene rings is 5. The molecule has 0 aliphatic carbocycles. The van der Waals surface area contributed by atoms with Gasteiger partial charge in [0, 0.05) is 33.8 Å². The molecule has 1 atom stereocenters. The molecule has 0 saturated carbocycles. The van der Waals surface area contributed by atoms with Gasteiger partial charge >= 0.3 is 0 Å². The van der Waals surface area contributed by atoms with E-state index in [-0.39, 0.29) is 29.4 Å². The lowest BCUT2D eigenvalue weighted by Crippen LogP contribution is -2.45. The topological polar surface area (TPSA) is 105 Å². The molecule has 0 spiro atoms. The van der Waals surface area contributed by atoms with E-state index in [1.54, 1.807) is 72.8 Å². The minimum Gasteiger partial charge on any atom is -0.484 e. The zero-order valence-corrected chi connectivity index (χ0v) is 28.7. The van der Waals surface area contributed by atoms with Crippen molar-refractivity contribution in [3.63, 3.8) is 0 Å². The highest BCUT2D eigenvalue weighted by Crippen LogP contribution is 2.27. The molecule has 2 amide bonds. The molecular formula is C36H29Cl3FN3O5S. The number of carbonyl (C=O) groups excluding carboxylic acids is 2. The van der Waals surface area contributed by atoms with E-state index in [2.05, 4.69) is 10.0 Å². The first-order chi connectivity index (χ1) is 23.5. The third-order valence-electron chi connectivity index (χ3n) is 7.32. The first-order valence-electron chi connectivity index (χ1n) is 14.8. The molecule has 5 aromatic rings. The maximum Gasteiger partial charge on any atom is 0.261 e. The zero-order valence-electron chi connectivity index (χ0n) is 25.7. The van der Waals surface area contributed by atoms with Gasteiger partial charge in [0.25, 0.3) is 15.9 Å². The number of halogens is 4. The van der Waals surface area contributed by atoms with Gasteiger partial charge in [-0.2, -0.15) is 0 Å². The molecular weight excluding hydrogens is 712 g/mol. The van der Waals surface area contributed by atoms with Crippen LogP contribution in [0.1, 0.15) is 22.7 Å². The molecule has 0 aromatic heterocycles. The maximum atomic E-state index is 14.0. The predicted molar refractivity (Wildman–Crippen MR) is 189 cm³/mol. The second-order valence-electron chi connectivity index (χ2n) is 10.8. The van der Waals surface area contributed by atoms with Crippen molar-refractivity contribution in [3.05, 3.63) is 159 Å². The average molecular weight is 741 g/mol. The monoisotopic (exact) mass is 739 g/mol. The van der Waals surface area contributed by atoms with Crippen molar-refractivity contribution in [3.8, 4) is 5.75 Å². The number of ether oxygens (including phenoxy) is 1. The standard InChI is InChI=1S/C36H29Cl3FN3O5S/c37-27-9-6-24(7-10-27)22-43(35(25-4-2-1-3-5-25)36(45)41-21-26-8-11-28(38)20-33(26)39)34(44)23-48-31-16-18-32(19-17-31)49(46,47)42-30-14-12-29(40)13-15-30/h1-20,35,42H,21-23H2,(H,41,45). The van der Waals surface area contributed by atoms with Crippen molar-refractivity contribution >= 4 is 62.3 Å². The molecule has 2 N–H and O–H groups in total. The van der Waals surface area contributed by atoms with E-state index in [1.165, 1.54) is 41.3 Å². The molecule has 0 heterocycles. The van der Waals surface area contributed by atoms with Crippen LogP contribution in [0.5, 0.6) is 5.75 Å². The summed E-state index contributed by atoms with van der Waals surface area (Å²) in [7, 11) is -3.98. The van der Waals surface area contributed by atoms with Gasteiger partial charge in [0.2, 0.25) is 5.91 Å². The normalized spacial score (nSPS) is 11.8. The van der Waals surface area contributed by atoms with Crippen LogP contribution in [0.2, 0.25) is 15.1 Å². The number of rotatable bonds is 13. The number of sulfonamides is 1. The highest BCUT2D eigenvalue weighted by molar-refractivity contribution is 7.92. The highest BCUT2D eigenvalue weighted by Gasteiger charge is 2.32. The van der Waals surface area contributed by atoms with Crippen LogP contribution in [0.15, 0.2) is 126 Å². The summed E-state index contributed by atoms with van der Waals surface area (Å²) in [5, 5.41) is 4.26. The fraction of sp³-hybridized carbons (Fsp3) is 0.111. The molecule has 5 aromatic carbocycles. The Morgan fingerprint density at radius 3 is 2.10 bits per heavy atom. The van der Waals surface area contributed by atoms with E-state index >= 15 is 0 Å². The zero-order chi connectivity index (χ0) is 35.0. The Bertz CT molecular complexity index is 2020. The van der Waals surface area contributed by atoms with E-state index in [0.717, 1.165) is 17.7 Å². The van der Waals surface area contributed by atoms with Gasteiger partial charge < -0.3 is 15.0 Å². The lowest BCUT2D eigenvalue weighted by atomic mass is 10.0. The van der Waals surface area contributed by atoms with Crippen LogP contribution in [-0.4, -0.2) is 31.7 Å². The number of anilines is 1. The van der Waals surface area contributed by atoms with Crippen molar-refractivity contribution in [2.75, 3.05) is 11.3 Å². The second kappa shape index (κ2) is 16.2. The molecule has 0 fully saturated rings. The lowest BCUT2D eigenvalue weighted by molar-refractivity contribution is -0.143. The van der Waals surface area contributed by atoms with Gasteiger partial charge in [-0.25, -0.2) is 12.8 Å². The van der Waals surface area contributed by atoms with E-state index in [9.17, 15) is 22.4 Å². The molecule has 0 saturated heterocycles. The van der Waals surface area contributed by atoms with Crippen LogP contribution in [0.25, 0.3) is 0 Å². The Morgan fingerprint density at radius 2 is 1.45 bits per heavy atom. The fourth-order valence-electron chi connectivity index (χ4n) is 4.84. The van der Waals surface area contributed by atoms with Gasteiger partial charge in [-0.1, -0.05) is 83.3 Å². The molecule has 0 aliphatic heterocycles. The summed E-state index contributed by atoms with van der Waals surface area (Å²) in [6.45, 7) is -0.337. The Balaban J connectivity index is 1.36. The minimum atomic E-state index is -3.98. The number of carbonyl (C=O) groups is 2. The van der Waals surface area contributed by atoms with Crippen LogP contribution < -0.4 is 14.8 Å². The summed E-state index contributed by atoms with van der Waals surface area (Å²) in [6.07, 6.45) is 0. The van der Waals surface area contributed by atoms with E-state index < -0.39 is 40.3 Å². The molecule has 49 heavy (non-hydrogen) atoms. The highest BCUT2D eigenvalue weighted by atomic mass is 35.5. The van der Waals surface area contributed by atoms with Crippen LogP contribution in [-0.2, 0) is 32.7 Å². The minimum absolute atomic E-state index is 0.0419. The van der Waals surface area contributed by atoms with Gasteiger partial charge in [0.1, 0.15) is 17.6 Å². The summed E-state index contributed by atoms with van der Waals surface area (Å²) in [5.41, 5.74) is 2.12. The first-order valence-corrected chi connectivity index (χ1v) is 17.4. The Hall–Kier alpha value is -4.61. The molecule has 1 unspecified atom stereocenters. The Labute approximate surface area is 298 Å². The van der Waals surface area contributed by atoms with Crippen LogP contribution in [0, 0.1) is 5.82 Å². The number of amides is 2. The summed E-state index contributed by atoms with van der Waals surface area (Å²) < 4.78 is 47.1.